The number of carbonyl (C=O) groups excluding carboxylic acids is 2. The molecule has 0 bridgehead atoms. The molecule has 0 fully saturated rings. The minimum Gasteiger partial charge on any atom is -0.465 e. The monoisotopic (exact) mass is 396 g/mol. The second-order valence-corrected chi connectivity index (χ2v) is 6.31. The van der Waals surface area contributed by atoms with Crippen LogP contribution in [0.5, 0.6) is 0 Å². The van der Waals surface area contributed by atoms with Crippen molar-refractivity contribution in [3.05, 3.63) is 76.6 Å². The normalized spacial score (nSPS) is 10.2. The number of nitrogens with zero attached hydrogens (tertiary/aromatic N) is 2. The van der Waals surface area contributed by atoms with Crippen LogP contribution >= 0.6 is 11.6 Å². The second-order valence-electron chi connectivity index (χ2n) is 5.91. The van der Waals surface area contributed by atoms with Gasteiger partial charge in [0.2, 0.25) is 5.95 Å². The number of ether oxygens (including phenoxy) is 1. The molecule has 1 heterocycles. The molecule has 0 unspecified atom stereocenters. The summed E-state index contributed by atoms with van der Waals surface area (Å²) in [5, 5.41) is 6.38. The van der Waals surface area contributed by atoms with E-state index in [0.717, 1.165) is 11.3 Å². The van der Waals surface area contributed by atoms with Crippen molar-refractivity contribution in [3.8, 4) is 0 Å². The molecule has 142 valence electrons. The van der Waals surface area contributed by atoms with Crippen molar-refractivity contribution in [2.75, 3.05) is 17.7 Å². The number of hydrogen-bond donors (Lipinski definition) is 2. The van der Waals surface area contributed by atoms with Gasteiger partial charge in [-0.25, -0.2) is 14.8 Å². The minimum atomic E-state index is -0.441. The summed E-state index contributed by atoms with van der Waals surface area (Å²) in [4.78, 5) is 32.0. The Bertz CT molecular complexity index is 1000. The van der Waals surface area contributed by atoms with Crippen LogP contribution in [0.25, 0.3) is 0 Å². The number of esters is 1. The quantitative estimate of drug-likeness (QED) is 0.627. The highest BCUT2D eigenvalue weighted by Gasteiger charge is 2.10. The number of aromatic nitrogens is 2. The first-order chi connectivity index (χ1) is 13.5. The molecule has 0 spiro atoms. The average Bonchev–Trinajstić information content (AvgIpc) is 2.71. The second kappa shape index (κ2) is 8.49. The Morgan fingerprint density at radius 2 is 1.61 bits per heavy atom. The number of halogens is 1. The summed E-state index contributed by atoms with van der Waals surface area (Å²) in [6.07, 6.45) is 2.84. The molecular weight excluding hydrogens is 380 g/mol. The number of rotatable bonds is 5. The van der Waals surface area contributed by atoms with Crippen molar-refractivity contribution in [2.45, 2.75) is 6.92 Å². The van der Waals surface area contributed by atoms with Gasteiger partial charge in [-0.15, -0.1) is 0 Å². The number of aryl methyl sites for hydroxylation is 1. The van der Waals surface area contributed by atoms with Crippen LogP contribution in [0.3, 0.4) is 0 Å². The molecule has 2 aromatic carbocycles. The maximum absolute atomic E-state index is 12.3. The van der Waals surface area contributed by atoms with Crippen LogP contribution in [-0.2, 0) is 4.74 Å². The molecule has 1 amide bonds. The van der Waals surface area contributed by atoms with Gasteiger partial charge in [-0.3, -0.25) is 4.79 Å². The van der Waals surface area contributed by atoms with E-state index in [-0.39, 0.29) is 5.91 Å². The Morgan fingerprint density at radius 1 is 0.964 bits per heavy atom. The number of benzene rings is 2. The van der Waals surface area contributed by atoms with Crippen LogP contribution in [0, 0.1) is 6.92 Å². The van der Waals surface area contributed by atoms with Crippen molar-refractivity contribution in [1.29, 1.82) is 0 Å². The number of hydrogen-bond acceptors (Lipinski definition) is 6. The lowest BCUT2D eigenvalue weighted by Crippen LogP contribution is -2.13. The Morgan fingerprint density at radius 3 is 2.21 bits per heavy atom. The predicted octanol–water partition coefficient (Wildman–Crippen LogP) is 4.22. The van der Waals surface area contributed by atoms with E-state index in [1.54, 1.807) is 30.3 Å². The van der Waals surface area contributed by atoms with Gasteiger partial charge in [-0.2, -0.15) is 0 Å². The molecule has 0 radical (unpaired) electrons. The predicted molar refractivity (Wildman–Crippen MR) is 107 cm³/mol. The van der Waals surface area contributed by atoms with Crippen LogP contribution in [-0.4, -0.2) is 29.0 Å². The summed E-state index contributed by atoms with van der Waals surface area (Å²) in [6, 6.07) is 11.9. The van der Waals surface area contributed by atoms with E-state index < -0.39 is 5.97 Å². The molecule has 3 aromatic rings. The number of nitrogens with one attached hydrogen (secondary N) is 2. The Labute approximate surface area is 166 Å². The van der Waals surface area contributed by atoms with E-state index in [0.29, 0.717) is 27.8 Å². The fraction of sp³-hybridized carbons (Fsp3) is 0.100. The number of carbonyl (C=O) groups is 2. The molecule has 8 heteroatoms. The van der Waals surface area contributed by atoms with E-state index in [1.165, 1.54) is 19.5 Å². The van der Waals surface area contributed by atoms with Crippen molar-refractivity contribution in [3.63, 3.8) is 0 Å². The summed E-state index contributed by atoms with van der Waals surface area (Å²) >= 11 is 6.10. The number of anilines is 3. The van der Waals surface area contributed by atoms with Gasteiger partial charge in [0.1, 0.15) is 0 Å². The molecule has 28 heavy (non-hydrogen) atoms. The fourth-order valence-corrected chi connectivity index (χ4v) is 2.50. The molecular formula is C20H17ClN4O3. The summed E-state index contributed by atoms with van der Waals surface area (Å²) < 4.78 is 4.64. The lowest BCUT2D eigenvalue weighted by atomic mass is 10.2. The van der Waals surface area contributed by atoms with Crippen molar-refractivity contribution in [1.82, 2.24) is 9.97 Å². The highest BCUT2D eigenvalue weighted by molar-refractivity contribution is 6.31. The van der Waals surface area contributed by atoms with Gasteiger partial charge in [-0.05, 0) is 48.9 Å². The van der Waals surface area contributed by atoms with Crippen LogP contribution in [0.15, 0.2) is 54.9 Å². The molecule has 0 aliphatic rings. The lowest BCUT2D eigenvalue weighted by Gasteiger charge is -2.08. The Kier molecular flexibility index (Phi) is 5.86. The Balaban J connectivity index is 1.64. The third-order valence-corrected chi connectivity index (χ3v) is 4.31. The summed E-state index contributed by atoms with van der Waals surface area (Å²) in [5.74, 6) is -0.459. The van der Waals surface area contributed by atoms with E-state index in [4.69, 9.17) is 11.6 Å². The van der Waals surface area contributed by atoms with E-state index in [9.17, 15) is 9.59 Å². The van der Waals surface area contributed by atoms with Crippen LogP contribution in [0.2, 0.25) is 5.02 Å². The topological polar surface area (TPSA) is 93.2 Å². The van der Waals surface area contributed by atoms with Gasteiger partial charge in [0, 0.05) is 28.8 Å². The smallest absolute Gasteiger partial charge is 0.337 e. The summed E-state index contributed by atoms with van der Waals surface area (Å²) in [6.45, 7) is 1.92. The molecule has 1 aromatic heterocycles. The summed E-state index contributed by atoms with van der Waals surface area (Å²) in [7, 11) is 1.31. The van der Waals surface area contributed by atoms with Gasteiger partial charge in [-0.1, -0.05) is 17.7 Å². The van der Waals surface area contributed by atoms with Crippen LogP contribution in [0.1, 0.15) is 26.3 Å². The number of methoxy groups -OCH3 is 1. The lowest BCUT2D eigenvalue weighted by molar-refractivity contribution is 0.0600. The minimum absolute atomic E-state index is 0.296. The average molecular weight is 397 g/mol. The molecule has 0 saturated heterocycles. The third kappa shape index (κ3) is 4.63. The molecule has 0 aliphatic carbocycles. The van der Waals surface area contributed by atoms with Gasteiger partial charge >= 0.3 is 5.97 Å². The first-order valence-electron chi connectivity index (χ1n) is 8.31. The Hall–Kier alpha value is -3.45. The maximum Gasteiger partial charge on any atom is 0.337 e. The van der Waals surface area contributed by atoms with Gasteiger partial charge in [0.05, 0.1) is 18.2 Å². The molecule has 3 rings (SSSR count). The molecule has 2 N–H and O–H groups in total. The third-order valence-electron chi connectivity index (χ3n) is 3.91. The zero-order valence-corrected chi connectivity index (χ0v) is 15.9. The zero-order valence-electron chi connectivity index (χ0n) is 15.2. The zero-order chi connectivity index (χ0) is 20.1. The van der Waals surface area contributed by atoms with E-state index in [2.05, 4.69) is 25.3 Å². The van der Waals surface area contributed by atoms with Crippen molar-refractivity contribution in [2.24, 2.45) is 0 Å². The molecule has 0 saturated carbocycles. The largest absolute Gasteiger partial charge is 0.465 e. The van der Waals surface area contributed by atoms with Gasteiger partial charge < -0.3 is 15.4 Å². The standard InChI is InChI=1S/C20H17ClN4O3/c1-12-3-6-16(9-17(12)21)25-20-22-10-14(11-23-20)18(26)24-15-7-4-13(5-8-15)19(27)28-2/h3-11H,1-2H3,(H,24,26)(H,22,23,25). The first kappa shape index (κ1) is 19.3. The van der Waals surface area contributed by atoms with E-state index in [1.807, 2.05) is 19.1 Å². The van der Waals surface area contributed by atoms with Gasteiger partial charge in [0.15, 0.2) is 0 Å². The van der Waals surface area contributed by atoms with Crippen molar-refractivity contribution < 1.29 is 14.3 Å². The first-order valence-corrected chi connectivity index (χ1v) is 8.69. The van der Waals surface area contributed by atoms with Gasteiger partial charge in [0.25, 0.3) is 5.91 Å². The molecule has 0 aliphatic heterocycles. The highest BCUT2D eigenvalue weighted by Crippen LogP contribution is 2.21. The maximum atomic E-state index is 12.3. The SMILES string of the molecule is COC(=O)c1ccc(NC(=O)c2cnc(Nc3ccc(C)c(Cl)c3)nc2)cc1. The van der Waals surface area contributed by atoms with E-state index >= 15 is 0 Å². The van der Waals surface area contributed by atoms with Crippen molar-refractivity contribution >= 4 is 40.8 Å². The molecule has 7 nitrogen and oxygen atoms in total. The van der Waals surface area contributed by atoms with Crippen LogP contribution in [0.4, 0.5) is 17.3 Å². The molecule has 0 atom stereocenters. The van der Waals surface area contributed by atoms with Crippen LogP contribution < -0.4 is 10.6 Å². The summed E-state index contributed by atoms with van der Waals surface area (Å²) in [5.41, 5.74) is 2.95. The fourth-order valence-electron chi connectivity index (χ4n) is 2.32. The highest BCUT2D eigenvalue weighted by atomic mass is 35.5. The number of amides is 1.